The molecule has 8 heteroatoms. The van der Waals surface area contributed by atoms with E-state index in [-0.39, 0.29) is 6.04 Å². The molecule has 2 aromatic rings. The molecule has 1 aliphatic carbocycles. The maximum absolute atomic E-state index is 13.4. The molecule has 1 unspecified atom stereocenters. The van der Waals surface area contributed by atoms with Crippen molar-refractivity contribution in [1.82, 2.24) is 14.9 Å². The van der Waals surface area contributed by atoms with Gasteiger partial charge in [-0.3, -0.25) is 0 Å². The molecule has 1 aliphatic heterocycles. The van der Waals surface area contributed by atoms with Crippen molar-refractivity contribution < 1.29 is 17.6 Å². The maximum atomic E-state index is 13.4. The summed E-state index contributed by atoms with van der Waals surface area (Å²) in [6, 6.07) is 3.32. The number of nitrogens with one attached hydrogen (secondary N) is 1. The third-order valence-corrected chi connectivity index (χ3v) is 5.84. The fraction of sp³-hybridized carbons (Fsp3) is 0.500. The molecule has 0 saturated heterocycles. The second kappa shape index (κ2) is 6.78. The summed E-state index contributed by atoms with van der Waals surface area (Å²) in [5.74, 6) is 0.484. The summed E-state index contributed by atoms with van der Waals surface area (Å²) in [6.45, 7) is 1.70. The van der Waals surface area contributed by atoms with Gasteiger partial charge in [-0.15, -0.1) is 0 Å². The van der Waals surface area contributed by atoms with Gasteiger partial charge in [-0.25, -0.2) is 9.37 Å². The summed E-state index contributed by atoms with van der Waals surface area (Å²) in [4.78, 5) is 4.73. The van der Waals surface area contributed by atoms with Gasteiger partial charge in [0, 0.05) is 19.0 Å². The SMILES string of the molecule is Fc1ccc(CCC2NCCn3c(C4CC4)nc(I)c32)cc1C(F)(F)F. The molecule has 1 aromatic heterocycles. The zero-order chi connectivity index (χ0) is 18.5. The van der Waals surface area contributed by atoms with Gasteiger partial charge in [0.1, 0.15) is 15.3 Å². The lowest BCUT2D eigenvalue weighted by Crippen LogP contribution is -2.34. The summed E-state index contributed by atoms with van der Waals surface area (Å²) in [5, 5.41) is 3.45. The van der Waals surface area contributed by atoms with Crippen LogP contribution in [0.4, 0.5) is 17.6 Å². The van der Waals surface area contributed by atoms with Crippen molar-refractivity contribution in [2.75, 3.05) is 6.54 Å². The van der Waals surface area contributed by atoms with Crippen LogP contribution in [-0.2, 0) is 19.1 Å². The van der Waals surface area contributed by atoms with E-state index in [1.807, 2.05) is 0 Å². The summed E-state index contributed by atoms with van der Waals surface area (Å²) in [6.07, 6.45) is -1.22. The third-order valence-electron chi connectivity index (χ3n) is 5.05. The van der Waals surface area contributed by atoms with Gasteiger partial charge in [0.2, 0.25) is 0 Å². The molecular formula is C18H18F4IN3. The Morgan fingerprint density at radius 1 is 1.27 bits per heavy atom. The monoisotopic (exact) mass is 479 g/mol. The van der Waals surface area contributed by atoms with Crippen LogP contribution in [0.1, 0.15) is 53.9 Å². The van der Waals surface area contributed by atoms with E-state index in [0.717, 1.165) is 40.4 Å². The van der Waals surface area contributed by atoms with E-state index in [1.54, 1.807) is 0 Å². The van der Waals surface area contributed by atoms with Gasteiger partial charge in [-0.05, 0) is 66.0 Å². The first-order chi connectivity index (χ1) is 12.3. The number of rotatable bonds is 4. The largest absolute Gasteiger partial charge is 0.419 e. The van der Waals surface area contributed by atoms with Gasteiger partial charge < -0.3 is 9.88 Å². The maximum Gasteiger partial charge on any atom is 0.419 e. The predicted octanol–water partition coefficient (Wildman–Crippen LogP) is 4.80. The number of fused-ring (bicyclic) bond motifs is 1. The molecule has 0 bridgehead atoms. The van der Waals surface area contributed by atoms with E-state index in [9.17, 15) is 17.6 Å². The summed E-state index contributed by atoms with van der Waals surface area (Å²) in [5.41, 5.74) is 0.439. The van der Waals surface area contributed by atoms with Crippen LogP contribution >= 0.6 is 22.6 Å². The van der Waals surface area contributed by atoms with E-state index >= 15 is 0 Å². The van der Waals surface area contributed by atoms with Crippen LogP contribution in [-0.4, -0.2) is 16.1 Å². The molecule has 0 radical (unpaired) electrons. The molecule has 0 spiro atoms. The molecule has 2 heterocycles. The first-order valence-electron chi connectivity index (χ1n) is 8.69. The van der Waals surface area contributed by atoms with Crippen LogP contribution in [0.5, 0.6) is 0 Å². The summed E-state index contributed by atoms with van der Waals surface area (Å²) < 4.78 is 55.4. The number of benzene rings is 1. The van der Waals surface area contributed by atoms with E-state index in [2.05, 4.69) is 32.5 Å². The number of alkyl halides is 3. The van der Waals surface area contributed by atoms with Crippen LogP contribution in [0.15, 0.2) is 18.2 Å². The lowest BCUT2D eigenvalue weighted by Gasteiger charge is -2.27. The highest BCUT2D eigenvalue weighted by Crippen LogP contribution is 2.42. The van der Waals surface area contributed by atoms with Crippen molar-refractivity contribution in [3.05, 3.63) is 50.4 Å². The van der Waals surface area contributed by atoms with Gasteiger partial charge in [-0.1, -0.05) is 6.07 Å². The molecule has 4 rings (SSSR count). The summed E-state index contributed by atoms with van der Waals surface area (Å²) in [7, 11) is 0. The molecule has 3 nitrogen and oxygen atoms in total. The molecule has 1 N–H and O–H groups in total. The Bertz CT molecular complexity index is 827. The molecule has 140 valence electrons. The summed E-state index contributed by atoms with van der Waals surface area (Å²) >= 11 is 2.24. The molecule has 0 amide bonds. The lowest BCUT2D eigenvalue weighted by molar-refractivity contribution is -0.140. The van der Waals surface area contributed by atoms with Gasteiger partial charge in [-0.2, -0.15) is 13.2 Å². The van der Waals surface area contributed by atoms with Crippen molar-refractivity contribution in [2.24, 2.45) is 0 Å². The average Bonchev–Trinajstić information content (AvgIpc) is 3.37. The number of hydrogen-bond acceptors (Lipinski definition) is 2. The number of aryl methyl sites for hydroxylation is 1. The van der Waals surface area contributed by atoms with E-state index in [4.69, 9.17) is 4.98 Å². The van der Waals surface area contributed by atoms with Crippen molar-refractivity contribution >= 4 is 22.6 Å². The Balaban J connectivity index is 1.53. The van der Waals surface area contributed by atoms with Crippen molar-refractivity contribution in [3.8, 4) is 0 Å². The fourth-order valence-electron chi connectivity index (χ4n) is 3.62. The third kappa shape index (κ3) is 3.49. The van der Waals surface area contributed by atoms with Crippen LogP contribution in [0.25, 0.3) is 0 Å². The Kier molecular flexibility index (Phi) is 4.75. The minimum Gasteiger partial charge on any atom is -0.328 e. The number of hydrogen-bond donors (Lipinski definition) is 1. The van der Waals surface area contributed by atoms with Gasteiger partial charge >= 0.3 is 6.18 Å². The smallest absolute Gasteiger partial charge is 0.328 e. The Hall–Kier alpha value is -1.16. The Labute approximate surface area is 162 Å². The van der Waals surface area contributed by atoms with Gasteiger partial charge in [0.05, 0.1) is 17.3 Å². The van der Waals surface area contributed by atoms with E-state index in [1.165, 1.54) is 18.9 Å². The fourth-order valence-corrected chi connectivity index (χ4v) is 4.53. The Morgan fingerprint density at radius 2 is 2.04 bits per heavy atom. The predicted molar refractivity (Wildman–Crippen MR) is 97.4 cm³/mol. The molecule has 2 aliphatic rings. The second-order valence-electron chi connectivity index (χ2n) is 6.93. The molecular weight excluding hydrogens is 461 g/mol. The molecule has 1 fully saturated rings. The number of nitrogens with zero attached hydrogens (tertiary/aromatic N) is 2. The van der Waals surface area contributed by atoms with Gasteiger partial charge in [0.25, 0.3) is 0 Å². The van der Waals surface area contributed by atoms with Crippen LogP contribution < -0.4 is 5.32 Å². The quantitative estimate of drug-likeness (QED) is 0.505. The van der Waals surface area contributed by atoms with E-state index < -0.39 is 17.6 Å². The number of aromatic nitrogens is 2. The van der Waals surface area contributed by atoms with Crippen LogP contribution in [0.2, 0.25) is 0 Å². The minimum atomic E-state index is -4.67. The van der Waals surface area contributed by atoms with Crippen molar-refractivity contribution in [2.45, 2.75) is 50.4 Å². The zero-order valence-electron chi connectivity index (χ0n) is 13.9. The molecule has 1 atom stereocenters. The first-order valence-corrected chi connectivity index (χ1v) is 9.77. The average molecular weight is 479 g/mol. The highest BCUT2D eigenvalue weighted by atomic mass is 127. The lowest BCUT2D eigenvalue weighted by atomic mass is 10.00. The highest BCUT2D eigenvalue weighted by Gasteiger charge is 2.35. The number of halogens is 5. The van der Waals surface area contributed by atoms with Crippen molar-refractivity contribution in [3.63, 3.8) is 0 Å². The molecule has 1 aromatic carbocycles. The Morgan fingerprint density at radius 3 is 2.73 bits per heavy atom. The molecule has 26 heavy (non-hydrogen) atoms. The topological polar surface area (TPSA) is 29.9 Å². The van der Waals surface area contributed by atoms with Gasteiger partial charge in [0.15, 0.2) is 0 Å². The zero-order valence-corrected chi connectivity index (χ0v) is 16.1. The minimum absolute atomic E-state index is 0.0510. The van der Waals surface area contributed by atoms with Crippen LogP contribution in [0.3, 0.4) is 0 Å². The van der Waals surface area contributed by atoms with Crippen molar-refractivity contribution in [1.29, 1.82) is 0 Å². The highest BCUT2D eigenvalue weighted by molar-refractivity contribution is 14.1. The number of imidazole rings is 1. The first kappa shape index (κ1) is 18.2. The molecule has 1 saturated carbocycles. The standard InChI is InChI=1S/C18H18F4IN3/c19-13-5-1-10(9-12(13)18(20,21)22)2-6-14-15-16(23)25-17(11-3-4-11)26(15)8-7-24-14/h1,5,9,11,14,24H,2-4,6-8H2. The second-order valence-corrected chi connectivity index (χ2v) is 7.95. The van der Waals surface area contributed by atoms with E-state index in [0.29, 0.717) is 24.3 Å². The normalized spacial score (nSPS) is 20.3. The van der Waals surface area contributed by atoms with Crippen LogP contribution in [0, 0.1) is 9.52 Å².